The van der Waals surface area contributed by atoms with E-state index in [1.807, 2.05) is 71.1 Å². The lowest BCUT2D eigenvalue weighted by Crippen LogP contribution is -2.28. The van der Waals surface area contributed by atoms with Crippen LogP contribution in [0.25, 0.3) is 0 Å². The van der Waals surface area contributed by atoms with Gasteiger partial charge < -0.3 is 15.2 Å². The normalized spacial score (nSPS) is 11.8. The molecule has 3 rings (SSSR count). The molecule has 0 radical (unpaired) electrons. The van der Waals surface area contributed by atoms with E-state index in [9.17, 15) is 9.59 Å². The molecule has 1 heterocycles. The lowest BCUT2D eigenvalue weighted by molar-refractivity contribution is -0.113. The van der Waals surface area contributed by atoms with Gasteiger partial charge in [0.2, 0.25) is 5.91 Å². The number of hydrogen-bond donors (Lipinski definition) is 2. The summed E-state index contributed by atoms with van der Waals surface area (Å²) in [6.07, 6.45) is 0. The molecule has 0 unspecified atom stereocenters. The minimum Gasteiger partial charge on any atom is -0.342 e. The van der Waals surface area contributed by atoms with E-state index in [-0.39, 0.29) is 23.6 Å². The molecule has 0 spiro atoms. The molecule has 7 nitrogen and oxygen atoms in total. The van der Waals surface area contributed by atoms with Crippen LogP contribution in [0.5, 0.6) is 0 Å². The minimum absolute atomic E-state index is 0.109. The second kappa shape index (κ2) is 9.78. The van der Waals surface area contributed by atoms with E-state index in [0.717, 1.165) is 22.4 Å². The van der Waals surface area contributed by atoms with Crippen LogP contribution in [-0.2, 0) is 11.8 Å². The molecular weight excluding hydrogens is 410 g/mol. The van der Waals surface area contributed by atoms with E-state index in [2.05, 4.69) is 20.8 Å². The number of hydrogen-bond acceptors (Lipinski definition) is 5. The maximum absolute atomic E-state index is 12.5. The Bertz CT molecular complexity index is 1110. The van der Waals surface area contributed by atoms with Crippen molar-refractivity contribution in [2.45, 2.75) is 38.9 Å². The van der Waals surface area contributed by atoms with E-state index in [1.54, 1.807) is 10.6 Å². The van der Waals surface area contributed by atoms with Gasteiger partial charge in [0.25, 0.3) is 5.91 Å². The third-order valence-corrected chi connectivity index (χ3v) is 5.89. The second-order valence-corrected chi connectivity index (χ2v) is 8.56. The van der Waals surface area contributed by atoms with E-state index in [1.165, 1.54) is 11.8 Å². The van der Waals surface area contributed by atoms with Gasteiger partial charge in [0.15, 0.2) is 11.0 Å². The highest BCUT2D eigenvalue weighted by molar-refractivity contribution is 7.99. The average molecular weight is 438 g/mol. The van der Waals surface area contributed by atoms with E-state index >= 15 is 0 Å². The number of aryl methyl sites for hydroxylation is 3. The van der Waals surface area contributed by atoms with Gasteiger partial charge in [-0.15, -0.1) is 10.2 Å². The maximum Gasteiger partial charge on any atom is 0.251 e. The Morgan fingerprint density at radius 1 is 1.06 bits per heavy atom. The number of aromatic nitrogens is 3. The van der Waals surface area contributed by atoms with Crippen molar-refractivity contribution in [3.8, 4) is 0 Å². The molecule has 2 aromatic carbocycles. The molecule has 0 saturated carbocycles. The van der Waals surface area contributed by atoms with Gasteiger partial charge in [-0.2, -0.15) is 0 Å². The highest BCUT2D eigenvalue weighted by atomic mass is 32.2. The van der Waals surface area contributed by atoms with Crippen molar-refractivity contribution in [2.24, 2.45) is 7.05 Å². The molecule has 0 fully saturated rings. The fourth-order valence-corrected chi connectivity index (χ4v) is 3.95. The van der Waals surface area contributed by atoms with Gasteiger partial charge in [-0.25, -0.2) is 0 Å². The van der Waals surface area contributed by atoms with Crippen LogP contribution in [-0.4, -0.2) is 32.3 Å². The Morgan fingerprint density at radius 2 is 1.81 bits per heavy atom. The first-order chi connectivity index (χ1) is 14.7. The van der Waals surface area contributed by atoms with Crippen molar-refractivity contribution in [2.75, 3.05) is 11.1 Å². The number of benzene rings is 2. The monoisotopic (exact) mass is 437 g/mol. The molecule has 0 aliphatic carbocycles. The number of amides is 2. The molecule has 31 heavy (non-hydrogen) atoms. The van der Waals surface area contributed by atoms with E-state index in [0.29, 0.717) is 16.5 Å². The van der Waals surface area contributed by atoms with Crippen molar-refractivity contribution >= 4 is 29.3 Å². The lowest BCUT2D eigenvalue weighted by Gasteiger charge is -2.14. The second-order valence-electron chi connectivity index (χ2n) is 7.62. The summed E-state index contributed by atoms with van der Waals surface area (Å²) in [4.78, 5) is 24.9. The van der Waals surface area contributed by atoms with Crippen LogP contribution in [0.1, 0.15) is 45.8 Å². The zero-order valence-electron chi connectivity index (χ0n) is 18.4. The zero-order chi connectivity index (χ0) is 22.5. The first-order valence-corrected chi connectivity index (χ1v) is 11.0. The number of nitrogens with one attached hydrogen (secondary N) is 2. The topological polar surface area (TPSA) is 88.9 Å². The van der Waals surface area contributed by atoms with Crippen LogP contribution < -0.4 is 10.6 Å². The van der Waals surface area contributed by atoms with Crippen LogP contribution in [0, 0.1) is 20.8 Å². The fourth-order valence-electron chi connectivity index (χ4n) is 3.23. The van der Waals surface area contributed by atoms with Crippen molar-refractivity contribution in [3.63, 3.8) is 0 Å². The molecule has 0 saturated heterocycles. The molecule has 0 bridgehead atoms. The molecule has 162 valence electrons. The lowest BCUT2D eigenvalue weighted by atomic mass is 10.1. The molecule has 0 aliphatic heterocycles. The number of thioether (sulfide) groups is 1. The molecule has 0 aliphatic rings. The minimum atomic E-state index is -0.330. The van der Waals surface area contributed by atoms with Crippen molar-refractivity contribution < 1.29 is 9.59 Å². The van der Waals surface area contributed by atoms with Crippen LogP contribution >= 0.6 is 11.8 Å². The predicted molar refractivity (Wildman–Crippen MR) is 123 cm³/mol. The number of carbonyl (C=O) groups is 2. The Balaban J connectivity index is 1.59. The van der Waals surface area contributed by atoms with Crippen LogP contribution in [0.3, 0.4) is 0 Å². The smallest absolute Gasteiger partial charge is 0.251 e. The number of rotatable bonds is 7. The Morgan fingerprint density at radius 3 is 2.52 bits per heavy atom. The van der Waals surface area contributed by atoms with Crippen molar-refractivity contribution in [1.82, 2.24) is 20.1 Å². The summed E-state index contributed by atoms with van der Waals surface area (Å²) >= 11 is 1.30. The van der Waals surface area contributed by atoms with Gasteiger partial charge in [0, 0.05) is 18.3 Å². The Hall–Kier alpha value is -3.13. The number of anilines is 1. The molecular formula is C23H27N5O2S. The SMILES string of the molecule is Cc1cccc(C(=O)N[C@H](C)c2nnc(SCC(=O)Nc3ccc(C)cc3C)n2C)c1. The van der Waals surface area contributed by atoms with Gasteiger partial charge in [-0.3, -0.25) is 9.59 Å². The standard InChI is InChI=1S/C23H27N5O2S/c1-14-7-6-8-18(12-14)22(30)24-17(4)21-26-27-23(28(21)5)31-13-20(29)25-19-10-9-15(2)11-16(19)3/h6-12,17H,13H2,1-5H3,(H,24,30)(H,25,29)/t17-/m1/s1. The largest absolute Gasteiger partial charge is 0.342 e. The highest BCUT2D eigenvalue weighted by Crippen LogP contribution is 2.21. The average Bonchev–Trinajstić information content (AvgIpc) is 3.09. The van der Waals surface area contributed by atoms with Crippen molar-refractivity contribution in [3.05, 3.63) is 70.5 Å². The Kier molecular flexibility index (Phi) is 7.12. The van der Waals surface area contributed by atoms with Crippen LogP contribution in [0.2, 0.25) is 0 Å². The quantitative estimate of drug-likeness (QED) is 0.546. The number of carbonyl (C=O) groups excluding carboxylic acids is 2. The van der Waals surface area contributed by atoms with Gasteiger partial charge >= 0.3 is 0 Å². The fraction of sp³-hybridized carbons (Fsp3) is 0.304. The van der Waals surface area contributed by atoms with Crippen LogP contribution in [0.15, 0.2) is 47.6 Å². The summed E-state index contributed by atoms with van der Waals surface area (Å²) in [6.45, 7) is 7.79. The summed E-state index contributed by atoms with van der Waals surface area (Å²) in [7, 11) is 1.83. The summed E-state index contributed by atoms with van der Waals surface area (Å²) in [5, 5.41) is 14.9. The molecule has 2 amide bonds. The zero-order valence-corrected chi connectivity index (χ0v) is 19.2. The highest BCUT2D eigenvalue weighted by Gasteiger charge is 2.19. The van der Waals surface area contributed by atoms with Gasteiger partial charge in [-0.1, -0.05) is 47.2 Å². The number of nitrogens with zero attached hydrogens (tertiary/aromatic N) is 3. The maximum atomic E-state index is 12.5. The van der Waals surface area contributed by atoms with E-state index in [4.69, 9.17) is 0 Å². The first kappa shape index (κ1) is 22.6. The molecule has 2 N–H and O–H groups in total. The van der Waals surface area contributed by atoms with Crippen LogP contribution in [0.4, 0.5) is 5.69 Å². The van der Waals surface area contributed by atoms with Gasteiger partial charge in [0.1, 0.15) is 0 Å². The van der Waals surface area contributed by atoms with Gasteiger partial charge in [-0.05, 0) is 51.5 Å². The summed E-state index contributed by atoms with van der Waals surface area (Å²) in [5.74, 6) is 0.561. The molecule has 8 heteroatoms. The summed E-state index contributed by atoms with van der Waals surface area (Å²) in [6, 6.07) is 13.0. The molecule has 1 atom stereocenters. The molecule has 3 aromatic rings. The molecule has 1 aromatic heterocycles. The van der Waals surface area contributed by atoms with E-state index < -0.39 is 0 Å². The predicted octanol–water partition coefficient (Wildman–Crippen LogP) is 3.96. The third-order valence-electron chi connectivity index (χ3n) is 4.87. The first-order valence-electron chi connectivity index (χ1n) is 10.0. The Labute approximate surface area is 186 Å². The summed E-state index contributed by atoms with van der Waals surface area (Å²) in [5.41, 5.74) is 4.61. The summed E-state index contributed by atoms with van der Waals surface area (Å²) < 4.78 is 1.80. The van der Waals surface area contributed by atoms with Gasteiger partial charge in [0.05, 0.1) is 11.8 Å². The third kappa shape index (κ3) is 5.73. The van der Waals surface area contributed by atoms with Crippen molar-refractivity contribution in [1.29, 1.82) is 0 Å².